The second-order valence-electron chi connectivity index (χ2n) is 2.78. The number of rotatable bonds is 3. The number of nitriles is 1. The van der Waals surface area contributed by atoms with E-state index in [1.54, 1.807) is 28.7 Å². The van der Waals surface area contributed by atoms with Gasteiger partial charge in [-0.15, -0.1) is 11.6 Å². The number of nitro benzene ring substituents is 1. The van der Waals surface area contributed by atoms with Gasteiger partial charge in [0.1, 0.15) is 3.57 Å². The number of benzene rings is 1. The van der Waals surface area contributed by atoms with Gasteiger partial charge < -0.3 is 0 Å². The highest BCUT2D eigenvalue weighted by Gasteiger charge is 2.21. The van der Waals surface area contributed by atoms with Crippen molar-refractivity contribution in [1.82, 2.24) is 0 Å². The van der Waals surface area contributed by atoms with Gasteiger partial charge in [-0.1, -0.05) is 0 Å². The Morgan fingerprint density at radius 3 is 2.69 bits per heavy atom. The lowest BCUT2D eigenvalue weighted by molar-refractivity contribution is -0.385. The van der Waals surface area contributed by atoms with Crippen molar-refractivity contribution in [2.24, 2.45) is 0 Å². The summed E-state index contributed by atoms with van der Waals surface area (Å²) < 4.78 is 0.201. The molecular formula is C9H4ClIN2O3. The summed E-state index contributed by atoms with van der Waals surface area (Å²) >= 11 is 7.08. The second kappa shape index (κ2) is 5.23. The molecule has 0 unspecified atom stereocenters. The fraction of sp³-hybridized carbons (Fsp3) is 0.111. The highest BCUT2D eigenvalue weighted by atomic mass is 127. The topological polar surface area (TPSA) is 84.0 Å². The van der Waals surface area contributed by atoms with Gasteiger partial charge in [-0.25, -0.2) is 0 Å². The van der Waals surface area contributed by atoms with Gasteiger partial charge >= 0.3 is 0 Å². The molecule has 0 heterocycles. The van der Waals surface area contributed by atoms with Crippen LogP contribution < -0.4 is 0 Å². The molecule has 0 atom stereocenters. The van der Waals surface area contributed by atoms with E-state index in [2.05, 4.69) is 0 Å². The number of halogens is 2. The number of carbonyl (C=O) groups excluding carboxylic acids is 1. The first-order chi connectivity index (χ1) is 7.51. The number of Topliss-reactive ketones (excluding diaryl/α,β-unsaturated/α-hetero) is 1. The number of hydrogen-bond acceptors (Lipinski definition) is 4. The molecular weight excluding hydrogens is 346 g/mol. The van der Waals surface area contributed by atoms with Crippen molar-refractivity contribution in [3.05, 3.63) is 36.9 Å². The predicted octanol–water partition coefficient (Wildman–Crippen LogP) is 2.49. The monoisotopic (exact) mass is 350 g/mol. The molecule has 0 fully saturated rings. The summed E-state index contributed by atoms with van der Waals surface area (Å²) in [6, 6.07) is 4.20. The first-order valence-electron chi connectivity index (χ1n) is 3.98. The van der Waals surface area contributed by atoms with Gasteiger partial charge in [0.15, 0.2) is 5.78 Å². The van der Waals surface area contributed by atoms with Crippen LogP contribution in [0.1, 0.15) is 15.9 Å². The van der Waals surface area contributed by atoms with Crippen LogP contribution in [0.2, 0.25) is 0 Å². The Bertz CT molecular complexity index is 510. The van der Waals surface area contributed by atoms with Crippen LogP contribution in [0.4, 0.5) is 5.69 Å². The number of carbonyl (C=O) groups is 1. The molecule has 0 N–H and O–H groups in total. The lowest BCUT2D eigenvalue weighted by Gasteiger charge is -2.03. The molecule has 0 spiro atoms. The Morgan fingerprint density at radius 1 is 1.62 bits per heavy atom. The molecule has 0 aromatic heterocycles. The Kier molecular flexibility index (Phi) is 4.20. The average Bonchev–Trinajstić information content (AvgIpc) is 2.28. The van der Waals surface area contributed by atoms with E-state index >= 15 is 0 Å². The first-order valence-corrected chi connectivity index (χ1v) is 5.59. The minimum absolute atomic E-state index is 0.0700. The molecule has 7 heteroatoms. The molecule has 16 heavy (non-hydrogen) atoms. The summed E-state index contributed by atoms with van der Waals surface area (Å²) in [7, 11) is 0. The molecule has 0 saturated heterocycles. The minimum atomic E-state index is -0.631. The van der Waals surface area contributed by atoms with Gasteiger partial charge in [-0.2, -0.15) is 5.26 Å². The maximum atomic E-state index is 11.4. The van der Waals surface area contributed by atoms with Crippen LogP contribution in [-0.2, 0) is 0 Å². The van der Waals surface area contributed by atoms with Crippen molar-refractivity contribution in [1.29, 1.82) is 5.26 Å². The highest BCUT2D eigenvalue weighted by molar-refractivity contribution is 14.1. The molecule has 0 saturated carbocycles. The van der Waals surface area contributed by atoms with Gasteiger partial charge in [0.2, 0.25) is 0 Å². The largest absolute Gasteiger partial charge is 0.293 e. The van der Waals surface area contributed by atoms with E-state index in [9.17, 15) is 14.9 Å². The highest BCUT2D eigenvalue weighted by Crippen LogP contribution is 2.26. The van der Waals surface area contributed by atoms with E-state index in [1.807, 2.05) is 0 Å². The van der Waals surface area contributed by atoms with E-state index in [1.165, 1.54) is 6.07 Å². The van der Waals surface area contributed by atoms with Gasteiger partial charge in [-0.05, 0) is 28.7 Å². The number of alkyl halides is 1. The fourth-order valence-corrected chi connectivity index (χ4v) is 2.03. The van der Waals surface area contributed by atoms with Gasteiger partial charge in [0.05, 0.1) is 22.4 Å². The van der Waals surface area contributed by atoms with E-state index < -0.39 is 10.7 Å². The molecule has 0 aliphatic heterocycles. The molecule has 1 aromatic rings. The number of hydrogen-bond donors (Lipinski definition) is 0. The number of nitro groups is 1. The summed E-state index contributed by atoms with van der Waals surface area (Å²) in [4.78, 5) is 21.5. The summed E-state index contributed by atoms with van der Waals surface area (Å²) in [5.41, 5.74) is -0.0740. The van der Waals surface area contributed by atoms with Crippen LogP contribution in [0, 0.1) is 25.0 Å². The third kappa shape index (κ3) is 2.48. The van der Waals surface area contributed by atoms with E-state index in [0.29, 0.717) is 0 Å². The fourth-order valence-electron chi connectivity index (χ4n) is 1.08. The maximum Gasteiger partial charge on any atom is 0.284 e. The predicted molar refractivity (Wildman–Crippen MR) is 65.6 cm³/mol. The van der Waals surface area contributed by atoms with Crippen LogP contribution in [-0.4, -0.2) is 16.6 Å². The summed E-state index contributed by atoms with van der Waals surface area (Å²) in [6.45, 7) is 0. The Hall–Kier alpha value is -1.20. The van der Waals surface area contributed by atoms with Crippen LogP contribution in [0.5, 0.6) is 0 Å². The minimum Gasteiger partial charge on any atom is -0.293 e. The average molecular weight is 350 g/mol. The Balaban J connectivity index is 3.50. The molecule has 82 valence electrons. The Labute approximate surface area is 109 Å². The molecule has 0 bridgehead atoms. The zero-order valence-electron chi connectivity index (χ0n) is 7.74. The molecule has 1 aromatic carbocycles. The summed E-state index contributed by atoms with van der Waals surface area (Å²) in [6.07, 6.45) is 0. The number of ketones is 1. The normalized spacial score (nSPS) is 9.56. The summed E-state index contributed by atoms with van der Waals surface area (Å²) in [5.74, 6) is -0.714. The van der Waals surface area contributed by atoms with E-state index in [-0.39, 0.29) is 26.3 Å². The van der Waals surface area contributed by atoms with Crippen LogP contribution in [0.3, 0.4) is 0 Å². The molecule has 0 radical (unpaired) electrons. The molecule has 0 aliphatic rings. The van der Waals surface area contributed by atoms with E-state index in [4.69, 9.17) is 16.9 Å². The molecule has 0 amide bonds. The lowest BCUT2D eigenvalue weighted by atomic mass is 10.1. The lowest BCUT2D eigenvalue weighted by Crippen LogP contribution is -2.06. The van der Waals surface area contributed by atoms with Crippen LogP contribution in [0.25, 0.3) is 0 Å². The third-order valence-corrected chi connectivity index (χ3v) is 3.18. The second-order valence-corrected chi connectivity index (χ2v) is 4.13. The number of nitrogens with zero attached hydrogens (tertiary/aromatic N) is 2. The van der Waals surface area contributed by atoms with Gasteiger partial charge in [0, 0.05) is 11.6 Å². The van der Waals surface area contributed by atoms with Gasteiger partial charge in [-0.3, -0.25) is 14.9 Å². The SMILES string of the molecule is N#Cc1cc(C(=O)CCl)c(I)c([N+](=O)[O-])c1. The molecule has 1 rings (SSSR count). The third-order valence-electron chi connectivity index (χ3n) is 1.80. The standard InChI is InChI=1S/C9H4ClIN2O3/c10-3-8(14)6-1-5(4-12)2-7(9(6)11)13(15)16/h1-2H,3H2. The molecule has 0 aliphatic carbocycles. The Morgan fingerprint density at radius 2 is 2.25 bits per heavy atom. The maximum absolute atomic E-state index is 11.4. The smallest absolute Gasteiger partial charge is 0.284 e. The van der Waals surface area contributed by atoms with Gasteiger partial charge in [0.25, 0.3) is 5.69 Å². The van der Waals surface area contributed by atoms with Crippen molar-refractivity contribution in [3.63, 3.8) is 0 Å². The van der Waals surface area contributed by atoms with Crippen molar-refractivity contribution < 1.29 is 9.72 Å². The van der Waals surface area contributed by atoms with E-state index in [0.717, 1.165) is 6.07 Å². The zero-order chi connectivity index (χ0) is 12.3. The zero-order valence-corrected chi connectivity index (χ0v) is 10.7. The summed E-state index contributed by atoms with van der Waals surface area (Å²) in [5, 5.41) is 19.4. The first kappa shape index (κ1) is 12.9. The van der Waals surface area contributed by atoms with Crippen molar-refractivity contribution in [3.8, 4) is 6.07 Å². The van der Waals surface area contributed by atoms with Crippen molar-refractivity contribution in [2.75, 3.05) is 5.88 Å². The van der Waals surface area contributed by atoms with Crippen LogP contribution >= 0.6 is 34.2 Å². The van der Waals surface area contributed by atoms with Crippen molar-refractivity contribution >= 4 is 45.7 Å². The molecule has 5 nitrogen and oxygen atoms in total. The van der Waals surface area contributed by atoms with Crippen molar-refractivity contribution in [2.45, 2.75) is 0 Å². The quantitative estimate of drug-likeness (QED) is 0.276. The van der Waals surface area contributed by atoms with Crippen LogP contribution in [0.15, 0.2) is 12.1 Å².